The molecule has 0 bridgehead atoms. The topological polar surface area (TPSA) is 3.24 Å². The van der Waals surface area contributed by atoms with Crippen molar-refractivity contribution in [2.45, 2.75) is 5.41 Å². The van der Waals surface area contributed by atoms with Gasteiger partial charge in [0, 0.05) is 37.2 Å². The van der Waals surface area contributed by atoms with Crippen LogP contribution in [0.3, 0.4) is 0 Å². The second kappa shape index (κ2) is 14.3. The zero-order chi connectivity index (χ0) is 40.3. The summed E-state index contributed by atoms with van der Waals surface area (Å²) in [5, 5.41) is 5.12. The minimum absolute atomic E-state index is 0.505. The van der Waals surface area contributed by atoms with E-state index in [0.29, 0.717) is 0 Å². The van der Waals surface area contributed by atoms with Crippen LogP contribution in [0.25, 0.3) is 64.3 Å². The lowest BCUT2D eigenvalue weighted by atomic mass is 9.67. The van der Waals surface area contributed by atoms with Crippen molar-refractivity contribution >= 4 is 59.3 Å². The number of anilines is 3. The molecular weight excluding hydrogens is 755 g/mol. The molecule has 286 valence electrons. The maximum Gasteiger partial charge on any atom is 0.0714 e. The van der Waals surface area contributed by atoms with Gasteiger partial charge in [-0.3, -0.25) is 0 Å². The van der Waals surface area contributed by atoms with E-state index in [1.165, 1.54) is 86.6 Å². The summed E-state index contributed by atoms with van der Waals surface area (Å²) in [5.74, 6) is 0. The van der Waals surface area contributed by atoms with Gasteiger partial charge in [0.15, 0.2) is 0 Å². The Kier molecular flexibility index (Phi) is 8.33. The van der Waals surface area contributed by atoms with Gasteiger partial charge in [-0.2, -0.15) is 0 Å². The molecule has 0 fully saturated rings. The van der Waals surface area contributed by atoms with Gasteiger partial charge in [-0.1, -0.05) is 182 Å². The summed E-state index contributed by atoms with van der Waals surface area (Å²) >= 11 is 1.86. The number of hydrogen-bond acceptors (Lipinski definition) is 2. The van der Waals surface area contributed by atoms with Gasteiger partial charge < -0.3 is 4.90 Å². The molecule has 1 nitrogen and oxygen atoms in total. The predicted octanol–water partition coefficient (Wildman–Crippen LogP) is 16.4. The van der Waals surface area contributed by atoms with Crippen molar-refractivity contribution in [2.75, 3.05) is 4.90 Å². The SMILES string of the molecule is c1ccc(C2(c3ccccc3)c3ccccc3-c3ccc(N(c4ccc(-c5cccc6ccccc56)cc4)c4cccc(-c5ccc6sc7ccccc7c6c5)c4)cc32)cc1. The highest BCUT2D eigenvalue weighted by molar-refractivity contribution is 7.25. The molecule has 1 aromatic heterocycles. The first-order valence-corrected chi connectivity index (χ1v) is 21.8. The lowest BCUT2D eigenvalue weighted by molar-refractivity contribution is 0.768. The first-order chi connectivity index (χ1) is 30.2. The van der Waals surface area contributed by atoms with Gasteiger partial charge in [-0.05, 0) is 121 Å². The number of rotatable bonds is 7. The van der Waals surface area contributed by atoms with Crippen molar-refractivity contribution in [3.63, 3.8) is 0 Å². The van der Waals surface area contributed by atoms with Crippen LogP contribution in [0.1, 0.15) is 22.3 Å². The minimum atomic E-state index is -0.505. The Labute approximate surface area is 360 Å². The van der Waals surface area contributed by atoms with Crippen molar-refractivity contribution < 1.29 is 0 Å². The smallest absolute Gasteiger partial charge is 0.0714 e. The molecule has 1 aliphatic rings. The fraction of sp³-hybridized carbons (Fsp3) is 0.0169. The normalized spacial score (nSPS) is 12.7. The molecule has 0 N–H and O–H groups in total. The molecular formula is C59H39NS. The third kappa shape index (κ3) is 5.68. The van der Waals surface area contributed by atoms with Gasteiger partial charge >= 0.3 is 0 Å². The van der Waals surface area contributed by atoms with Crippen molar-refractivity contribution in [3.05, 3.63) is 259 Å². The Morgan fingerprint density at radius 3 is 1.70 bits per heavy atom. The second-order valence-electron chi connectivity index (χ2n) is 16.0. The van der Waals surface area contributed by atoms with E-state index in [1.54, 1.807) is 0 Å². The van der Waals surface area contributed by atoms with Crippen LogP contribution in [-0.2, 0) is 5.41 Å². The molecule has 0 unspecified atom stereocenters. The molecule has 2 heteroatoms. The minimum Gasteiger partial charge on any atom is -0.310 e. The van der Waals surface area contributed by atoms with E-state index in [9.17, 15) is 0 Å². The van der Waals surface area contributed by atoms with E-state index >= 15 is 0 Å². The number of fused-ring (bicyclic) bond motifs is 7. The number of nitrogens with zero attached hydrogens (tertiary/aromatic N) is 1. The monoisotopic (exact) mass is 793 g/mol. The summed E-state index contributed by atoms with van der Waals surface area (Å²) in [7, 11) is 0. The number of hydrogen-bond donors (Lipinski definition) is 0. The first kappa shape index (κ1) is 35.4. The number of benzene rings is 10. The molecule has 0 atom stereocenters. The third-order valence-electron chi connectivity index (χ3n) is 12.7. The Balaban J connectivity index is 1.06. The molecule has 1 heterocycles. The second-order valence-corrected chi connectivity index (χ2v) is 17.1. The molecule has 0 aliphatic heterocycles. The summed E-state index contributed by atoms with van der Waals surface area (Å²) in [5.41, 5.74) is 15.3. The van der Waals surface area contributed by atoms with Crippen LogP contribution in [0.15, 0.2) is 237 Å². The lowest BCUT2D eigenvalue weighted by Crippen LogP contribution is -2.28. The summed E-state index contributed by atoms with van der Waals surface area (Å²) in [6.45, 7) is 0. The van der Waals surface area contributed by atoms with E-state index in [0.717, 1.165) is 17.1 Å². The summed E-state index contributed by atoms with van der Waals surface area (Å²) in [6.07, 6.45) is 0. The van der Waals surface area contributed by atoms with Crippen LogP contribution in [0.2, 0.25) is 0 Å². The molecule has 10 aromatic carbocycles. The Bertz CT molecular complexity index is 3370. The predicted molar refractivity (Wildman–Crippen MR) is 260 cm³/mol. The van der Waals surface area contributed by atoms with Crippen molar-refractivity contribution in [2.24, 2.45) is 0 Å². The highest BCUT2D eigenvalue weighted by Crippen LogP contribution is 2.57. The van der Waals surface area contributed by atoms with Crippen LogP contribution >= 0.6 is 11.3 Å². The van der Waals surface area contributed by atoms with Gasteiger partial charge in [0.25, 0.3) is 0 Å². The van der Waals surface area contributed by atoms with Gasteiger partial charge in [0.2, 0.25) is 0 Å². The van der Waals surface area contributed by atoms with Crippen LogP contribution in [0, 0.1) is 0 Å². The van der Waals surface area contributed by atoms with E-state index in [4.69, 9.17) is 0 Å². The van der Waals surface area contributed by atoms with Crippen molar-refractivity contribution in [1.29, 1.82) is 0 Å². The Morgan fingerprint density at radius 1 is 0.311 bits per heavy atom. The van der Waals surface area contributed by atoms with Gasteiger partial charge in [-0.25, -0.2) is 0 Å². The maximum absolute atomic E-state index is 2.46. The van der Waals surface area contributed by atoms with Gasteiger partial charge in [-0.15, -0.1) is 11.3 Å². The van der Waals surface area contributed by atoms with Gasteiger partial charge in [0.1, 0.15) is 0 Å². The number of thiophene rings is 1. The average molecular weight is 794 g/mol. The van der Waals surface area contributed by atoms with Crippen molar-refractivity contribution in [3.8, 4) is 33.4 Å². The van der Waals surface area contributed by atoms with Crippen LogP contribution < -0.4 is 4.90 Å². The van der Waals surface area contributed by atoms with E-state index in [2.05, 4.69) is 241 Å². The zero-order valence-electron chi connectivity index (χ0n) is 33.4. The fourth-order valence-corrected chi connectivity index (χ4v) is 11.1. The van der Waals surface area contributed by atoms with Crippen molar-refractivity contribution in [1.82, 2.24) is 0 Å². The highest BCUT2D eigenvalue weighted by atomic mass is 32.1. The van der Waals surface area contributed by atoms with Gasteiger partial charge in [0.05, 0.1) is 5.41 Å². The fourth-order valence-electron chi connectivity index (χ4n) is 10.0. The third-order valence-corrected chi connectivity index (χ3v) is 13.9. The largest absolute Gasteiger partial charge is 0.310 e. The van der Waals surface area contributed by atoms with Crippen LogP contribution in [0.5, 0.6) is 0 Å². The molecule has 1 aliphatic carbocycles. The van der Waals surface area contributed by atoms with E-state index < -0.39 is 5.41 Å². The van der Waals surface area contributed by atoms with E-state index in [1.807, 2.05) is 11.3 Å². The first-order valence-electron chi connectivity index (χ1n) is 21.0. The molecule has 0 amide bonds. The molecule has 0 spiro atoms. The maximum atomic E-state index is 2.46. The van der Waals surface area contributed by atoms with E-state index in [-0.39, 0.29) is 0 Å². The molecule has 12 rings (SSSR count). The lowest BCUT2D eigenvalue weighted by Gasteiger charge is -2.35. The summed E-state index contributed by atoms with van der Waals surface area (Å²) in [6, 6.07) is 87.4. The highest BCUT2D eigenvalue weighted by Gasteiger charge is 2.46. The molecule has 0 saturated heterocycles. The Hall–Kier alpha value is -7.52. The molecule has 0 radical (unpaired) electrons. The molecule has 61 heavy (non-hydrogen) atoms. The van der Waals surface area contributed by atoms with Crippen LogP contribution in [0.4, 0.5) is 17.1 Å². The Morgan fingerprint density at radius 2 is 0.885 bits per heavy atom. The standard InChI is InChI=1S/C59H39NS/c1-3-18-44(19-4-1)59(45-20-5-2-6-21-45)55-27-11-9-24-51(55)52-35-34-48(39-56(52)59)60(46-32-29-41(30-33-46)50-26-14-16-40-15-7-8-23-49(40)50)47-22-13-17-42(37-47)43-31-36-58-54(38-43)53-25-10-12-28-57(53)61-58/h1-39H. The summed E-state index contributed by atoms with van der Waals surface area (Å²) < 4.78 is 2.64. The zero-order valence-corrected chi connectivity index (χ0v) is 34.2. The average Bonchev–Trinajstić information content (AvgIpc) is 3.86. The van der Waals surface area contributed by atoms with Crippen LogP contribution in [-0.4, -0.2) is 0 Å². The molecule has 0 saturated carbocycles. The summed E-state index contributed by atoms with van der Waals surface area (Å²) in [4.78, 5) is 2.44. The molecule has 11 aromatic rings. The quantitative estimate of drug-likeness (QED) is 0.155.